The van der Waals surface area contributed by atoms with Crippen LogP contribution in [0.25, 0.3) is 0 Å². The number of benzodiazepines with no additional fused rings is 1. The number of rotatable bonds is 7. The molecule has 4 aromatic rings. The zero-order valence-corrected chi connectivity index (χ0v) is 22.1. The lowest BCUT2D eigenvalue weighted by atomic mass is 9.99. The van der Waals surface area contributed by atoms with E-state index in [1.165, 1.54) is 12.1 Å². The van der Waals surface area contributed by atoms with E-state index in [0.29, 0.717) is 40.3 Å². The van der Waals surface area contributed by atoms with E-state index >= 15 is 0 Å². The van der Waals surface area contributed by atoms with Crippen molar-refractivity contribution in [3.05, 3.63) is 128 Å². The summed E-state index contributed by atoms with van der Waals surface area (Å²) in [5.74, 6) is -0.560. The molecule has 9 nitrogen and oxygen atoms in total. The third-order valence-corrected chi connectivity index (χ3v) is 6.97. The van der Waals surface area contributed by atoms with Crippen molar-refractivity contribution in [3.63, 3.8) is 0 Å². The number of benzene rings is 3. The van der Waals surface area contributed by atoms with Crippen molar-refractivity contribution < 1.29 is 14.5 Å². The molecule has 0 aliphatic carbocycles. The summed E-state index contributed by atoms with van der Waals surface area (Å²) >= 11 is 3.53. The first-order chi connectivity index (χ1) is 18.9. The molecule has 1 aliphatic heterocycles. The fourth-order valence-electron chi connectivity index (χ4n) is 4.28. The van der Waals surface area contributed by atoms with Gasteiger partial charge in [-0.1, -0.05) is 52.3 Å². The molecule has 0 spiro atoms. The summed E-state index contributed by atoms with van der Waals surface area (Å²) in [6, 6.07) is 23.6. The number of aliphatic imine (C=N–C) groups is 1. The van der Waals surface area contributed by atoms with Crippen LogP contribution in [-0.2, 0) is 22.4 Å². The Hall–Kier alpha value is -4.70. The maximum atomic E-state index is 13.2. The zero-order valence-electron chi connectivity index (χ0n) is 20.5. The van der Waals surface area contributed by atoms with Crippen LogP contribution in [0.3, 0.4) is 0 Å². The number of nitro benzene ring substituents is 1. The van der Waals surface area contributed by atoms with Gasteiger partial charge in [0.05, 0.1) is 22.7 Å². The summed E-state index contributed by atoms with van der Waals surface area (Å²) in [6.07, 6.45) is 2.11. The number of non-ortho nitro benzene ring substituents is 1. The molecule has 1 aromatic heterocycles. The number of amides is 2. The van der Waals surface area contributed by atoms with Gasteiger partial charge in [0.1, 0.15) is 6.04 Å². The number of carbonyl (C=O) groups excluding carboxylic acids is 2. The Labute approximate surface area is 232 Å². The van der Waals surface area contributed by atoms with E-state index in [4.69, 9.17) is 4.99 Å². The molecule has 10 heteroatoms. The van der Waals surface area contributed by atoms with Crippen molar-refractivity contribution in [1.82, 2.24) is 4.98 Å². The van der Waals surface area contributed by atoms with Crippen molar-refractivity contribution in [3.8, 4) is 0 Å². The molecule has 0 fully saturated rings. The average molecular weight is 584 g/mol. The highest BCUT2D eigenvalue weighted by Gasteiger charge is 2.28. The van der Waals surface area contributed by atoms with Gasteiger partial charge in [-0.2, -0.15) is 0 Å². The number of pyridine rings is 1. The fourth-order valence-corrected chi connectivity index (χ4v) is 4.73. The number of carbonyl (C=O) groups is 2. The third-order valence-electron chi connectivity index (χ3n) is 6.20. The molecule has 194 valence electrons. The monoisotopic (exact) mass is 583 g/mol. The molecule has 2 amide bonds. The molecule has 0 saturated carbocycles. The van der Waals surface area contributed by atoms with Crippen molar-refractivity contribution in [1.29, 1.82) is 0 Å². The average Bonchev–Trinajstić information content (AvgIpc) is 3.06. The Morgan fingerprint density at radius 3 is 2.51 bits per heavy atom. The zero-order chi connectivity index (χ0) is 27.4. The number of hydrogen-bond acceptors (Lipinski definition) is 6. The summed E-state index contributed by atoms with van der Waals surface area (Å²) in [7, 11) is 0. The van der Waals surface area contributed by atoms with Crippen molar-refractivity contribution in [2.24, 2.45) is 4.99 Å². The van der Waals surface area contributed by atoms with Crippen LogP contribution < -0.4 is 10.6 Å². The van der Waals surface area contributed by atoms with Crippen LogP contribution in [0.4, 0.5) is 17.1 Å². The highest BCUT2D eigenvalue weighted by atomic mass is 79.9. The topological polar surface area (TPSA) is 127 Å². The second-order valence-corrected chi connectivity index (χ2v) is 9.74. The number of aromatic nitrogens is 1. The maximum absolute atomic E-state index is 13.2. The van der Waals surface area contributed by atoms with Gasteiger partial charge in [0, 0.05) is 51.7 Å². The van der Waals surface area contributed by atoms with Crippen molar-refractivity contribution >= 4 is 50.5 Å². The van der Waals surface area contributed by atoms with E-state index in [0.717, 1.165) is 10.0 Å². The normalized spacial score (nSPS) is 14.4. The molecular formula is C29H22BrN5O4. The minimum absolute atomic E-state index is 0.136. The Balaban J connectivity index is 1.47. The number of nitro groups is 1. The summed E-state index contributed by atoms with van der Waals surface area (Å²) in [4.78, 5) is 45.6. The van der Waals surface area contributed by atoms with Crippen LogP contribution in [0, 0.1) is 10.1 Å². The molecule has 39 heavy (non-hydrogen) atoms. The van der Waals surface area contributed by atoms with Crippen LogP contribution in [0.2, 0.25) is 0 Å². The number of hydrogen-bond donors (Lipinski definition) is 2. The van der Waals surface area contributed by atoms with Crippen molar-refractivity contribution in [2.45, 2.75) is 18.9 Å². The van der Waals surface area contributed by atoms with E-state index in [2.05, 4.69) is 31.5 Å². The number of halogens is 1. The minimum Gasteiger partial charge on any atom is -0.326 e. The van der Waals surface area contributed by atoms with Gasteiger partial charge < -0.3 is 10.6 Å². The fraction of sp³-hybridized carbons (Fsp3) is 0.103. The molecule has 2 heterocycles. The summed E-state index contributed by atoms with van der Waals surface area (Å²) in [6.45, 7) is 0. The number of nitrogens with one attached hydrogen (secondary N) is 2. The Morgan fingerprint density at radius 2 is 1.79 bits per heavy atom. The molecule has 5 rings (SSSR count). The molecule has 0 radical (unpaired) electrons. The second kappa shape index (κ2) is 11.4. The molecule has 0 saturated heterocycles. The van der Waals surface area contributed by atoms with Crippen LogP contribution in [0.5, 0.6) is 0 Å². The smallest absolute Gasteiger partial charge is 0.271 e. The Kier molecular flexibility index (Phi) is 7.55. The summed E-state index contributed by atoms with van der Waals surface area (Å²) in [5, 5.41) is 17.1. The van der Waals surface area contributed by atoms with Gasteiger partial charge >= 0.3 is 0 Å². The molecule has 2 N–H and O–H groups in total. The third kappa shape index (κ3) is 6.07. The van der Waals surface area contributed by atoms with Crippen LogP contribution >= 0.6 is 15.9 Å². The second-order valence-electron chi connectivity index (χ2n) is 8.89. The first-order valence-electron chi connectivity index (χ1n) is 12.1. The first-order valence-corrected chi connectivity index (χ1v) is 12.9. The molecule has 1 atom stereocenters. The lowest BCUT2D eigenvalue weighted by Gasteiger charge is -2.13. The Bertz CT molecular complexity index is 1590. The number of fused-ring (bicyclic) bond motifs is 1. The van der Waals surface area contributed by atoms with Gasteiger partial charge in [-0.25, -0.2) is 0 Å². The van der Waals surface area contributed by atoms with Crippen LogP contribution in [-0.4, -0.2) is 33.5 Å². The Morgan fingerprint density at radius 1 is 1.03 bits per heavy atom. The van der Waals surface area contributed by atoms with Crippen LogP contribution in [0.15, 0.2) is 101 Å². The van der Waals surface area contributed by atoms with Gasteiger partial charge in [0.25, 0.3) is 5.69 Å². The lowest BCUT2D eigenvalue weighted by Crippen LogP contribution is -2.27. The van der Waals surface area contributed by atoms with Crippen molar-refractivity contribution in [2.75, 3.05) is 10.6 Å². The molecule has 3 aromatic carbocycles. The molecular weight excluding hydrogens is 562 g/mol. The lowest BCUT2D eigenvalue weighted by molar-refractivity contribution is -0.384. The molecule has 1 unspecified atom stereocenters. The van der Waals surface area contributed by atoms with E-state index in [9.17, 15) is 19.7 Å². The van der Waals surface area contributed by atoms with Gasteiger partial charge in [-0.15, -0.1) is 0 Å². The van der Waals surface area contributed by atoms with E-state index < -0.39 is 11.0 Å². The van der Waals surface area contributed by atoms with Gasteiger partial charge in [0.15, 0.2) is 0 Å². The molecule has 0 bridgehead atoms. The summed E-state index contributed by atoms with van der Waals surface area (Å²) < 4.78 is 0.859. The number of anilines is 2. The predicted octanol–water partition coefficient (Wildman–Crippen LogP) is 5.33. The van der Waals surface area contributed by atoms with E-state index in [1.54, 1.807) is 48.7 Å². The van der Waals surface area contributed by atoms with Crippen LogP contribution in [0.1, 0.15) is 22.4 Å². The maximum Gasteiger partial charge on any atom is 0.271 e. The van der Waals surface area contributed by atoms with Gasteiger partial charge in [-0.05, 0) is 42.0 Å². The van der Waals surface area contributed by atoms with E-state index in [-0.39, 0.29) is 23.9 Å². The molecule has 1 aliphatic rings. The van der Waals surface area contributed by atoms with Gasteiger partial charge in [0.2, 0.25) is 11.8 Å². The minimum atomic E-state index is -0.775. The van der Waals surface area contributed by atoms with Gasteiger partial charge in [-0.3, -0.25) is 29.7 Å². The van der Waals surface area contributed by atoms with E-state index in [1.807, 2.05) is 30.3 Å². The quantitative estimate of drug-likeness (QED) is 0.224. The highest BCUT2D eigenvalue weighted by molar-refractivity contribution is 9.10. The SMILES string of the molecule is O=C(Cc1ccccn1)Nc1ccc(C2=NC(Cc3ccccc3Br)C(=O)Nc3cc([N+](=O)[O-])ccc32)cc1. The standard InChI is InChI=1S/C29H22BrN5O4/c30-24-7-2-1-5-19(24)15-26-29(37)34-25-17-22(35(38)39)12-13-23(25)28(33-26)18-8-10-20(11-9-18)32-27(36)16-21-6-3-4-14-31-21/h1-14,17,26H,15-16H2,(H,32,36)(H,34,37). The highest BCUT2D eigenvalue weighted by Crippen LogP contribution is 2.30. The summed E-state index contributed by atoms with van der Waals surface area (Å²) in [5.41, 5.74) is 4.12. The predicted molar refractivity (Wildman–Crippen MR) is 152 cm³/mol. The largest absolute Gasteiger partial charge is 0.326 e. The number of nitrogens with zero attached hydrogens (tertiary/aromatic N) is 3. The first kappa shape index (κ1) is 25.9.